The molecule has 2 aromatic rings. The highest BCUT2D eigenvalue weighted by atomic mass is 32.2. The molecule has 2 amide bonds. The predicted molar refractivity (Wildman–Crippen MR) is 87.7 cm³/mol. The zero-order valence-electron chi connectivity index (χ0n) is 12.7. The number of carbonyl (C=O) groups excluding carboxylic acids is 2. The fourth-order valence-electron chi connectivity index (χ4n) is 2.30. The first kappa shape index (κ1) is 17.7. The van der Waals surface area contributed by atoms with Crippen LogP contribution >= 0.6 is 23.1 Å². The number of benzene rings is 1. The highest BCUT2D eigenvalue weighted by molar-refractivity contribution is 8.02. The van der Waals surface area contributed by atoms with Crippen molar-refractivity contribution in [3.05, 3.63) is 29.3 Å². The van der Waals surface area contributed by atoms with E-state index >= 15 is 0 Å². The van der Waals surface area contributed by atoms with Crippen molar-refractivity contribution >= 4 is 46.3 Å². The Bertz CT molecular complexity index is 811. The van der Waals surface area contributed by atoms with Gasteiger partial charge in [0.1, 0.15) is 12.1 Å². The average molecular weight is 388 g/mol. The number of hydrogen-bond acceptors (Lipinski definition) is 6. The van der Waals surface area contributed by atoms with Crippen LogP contribution in [-0.2, 0) is 15.8 Å². The quantitative estimate of drug-likeness (QED) is 0.818. The second-order valence-electron chi connectivity index (χ2n) is 5.17. The van der Waals surface area contributed by atoms with Crippen molar-refractivity contribution in [2.75, 3.05) is 16.8 Å². The maximum atomic E-state index is 12.8. The predicted octanol–water partition coefficient (Wildman–Crippen LogP) is 3.02. The van der Waals surface area contributed by atoms with Crippen molar-refractivity contribution in [2.45, 2.75) is 22.7 Å². The summed E-state index contributed by atoms with van der Waals surface area (Å²) in [4.78, 5) is 25.7. The van der Waals surface area contributed by atoms with Crippen molar-refractivity contribution < 1.29 is 22.8 Å². The van der Waals surface area contributed by atoms with Gasteiger partial charge in [-0.3, -0.25) is 14.5 Å². The van der Waals surface area contributed by atoms with Crippen LogP contribution in [0.25, 0.3) is 0 Å². The van der Waals surface area contributed by atoms with Crippen molar-refractivity contribution in [2.24, 2.45) is 0 Å². The molecule has 0 saturated heterocycles. The molecule has 132 valence electrons. The number of carbonyl (C=O) groups is 2. The number of rotatable bonds is 3. The number of alkyl halides is 3. The second kappa shape index (κ2) is 6.64. The lowest BCUT2D eigenvalue weighted by molar-refractivity contribution is -0.137. The molecule has 0 fully saturated rings. The number of thioether (sulfide) groups is 1. The number of nitrogens with one attached hydrogen (secondary N) is 1. The first-order valence-corrected chi connectivity index (χ1v) is 8.77. The smallest absolute Gasteiger partial charge is 0.323 e. The molecule has 3 rings (SSSR count). The van der Waals surface area contributed by atoms with Crippen LogP contribution in [0.4, 0.5) is 24.5 Å². The minimum absolute atomic E-state index is 0.0347. The zero-order chi connectivity index (χ0) is 18.2. The van der Waals surface area contributed by atoms with E-state index in [1.54, 1.807) is 6.92 Å². The molecule has 0 radical (unpaired) electrons. The molecule has 1 aliphatic rings. The monoisotopic (exact) mass is 388 g/mol. The van der Waals surface area contributed by atoms with E-state index in [0.29, 0.717) is 4.34 Å². The first-order chi connectivity index (χ1) is 11.8. The van der Waals surface area contributed by atoms with Crippen LogP contribution in [-0.4, -0.2) is 33.8 Å². The molecule has 1 aliphatic heterocycles. The van der Waals surface area contributed by atoms with Crippen LogP contribution in [0.2, 0.25) is 0 Å². The van der Waals surface area contributed by atoms with Crippen LogP contribution in [0.3, 0.4) is 0 Å². The van der Waals surface area contributed by atoms with E-state index in [0.717, 1.165) is 12.1 Å². The van der Waals surface area contributed by atoms with Crippen LogP contribution in [0, 0.1) is 0 Å². The van der Waals surface area contributed by atoms with Gasteiger partial charge in [0.15, 0.2) is 4.34 Å². The minimum Gasteiger partial charge on any atom is -0.323 e. The summed E-state index contributed by atoms with van der Waals surface area (Å²) in [6.07, 6.45) is -4.53. The van der Waals surface area contributed by atoms with Gasteiger partial charge in [-0.2, -0.15) is 13.2 Å². The third-order valence-corrected chi connectivity index (χ3v) is 5.32. The molecule has 0 spiro atoms. The lowest BCUT2D eigenvalue weighted by Gasteiger charge is -2.31. The van der Waals surface area contributed by atoms with Crippen molar-refractivity contribution in [1.82, 2.24) is 10.2 Å². The molecule has 1 N–H and O–H groups in total. The number of aromatic nitrogens is 2. The molecule has 1 atom stereocenters. The van der Waals surface area contributed by atoms with Gasteiger partial charge in [0.25, 0.3) is 0 Å². The van der Waals surface area contributed by atoms with Gasteiger partial charge in [-0.25, -0.2) is 0 Å². The van der Waals surface area contributed by atoms with Crippen LogP contribution < -0.4 is 10.2 Å². The van der Waals surface area contributed by atoms with E-state index in [-0.39, 0.29) is 17.9 Å². The number of nitrogens with zero attached hydrogens (tertiary/aromatic N) is 3. The Morgan fingerprint density at radius 1 is 1.44 bits per heavy atom. The third kappa shape index (κ3) is 3.76. The Hall–Kier alpha value is -2.14. The second-order valence-corrected chi connectivity index (χ2v) is 7.59. The van der Waals surface area contributed by atoms with Crippen molar-refractivity contribution in [3.8, 4) is 0 Å². The van der Waals surface area contributed by atoms with Gasteiger partial charge in [-0.05, 0) is 25.1 Å². The Labute approximate surface area is 148 Å². The maximum absolute atomic E-state index is 12.8. The molecule has 2 heterocycles. The van der Waals surface area contributed by atoms with Crippen molar-refractivity contribution in [1.29, 1.82) is 0 Å². The summed E-state index contributed by atoms with van der Waals surface area (Å²) in [6, 6.07) is 2.91. The highest BCUT2D eigenvalue weighted by Gasteiger charge is 2.35. The molecule has 0 bridgehead atoms. The normalized spacial score (nSPS) is 15.5. The molecular weight excluding hydrogens is 377 g/mol. The van der Waals surface area contributed by atoms with Gasteiger partial charge in [0.05, 0.1) is 22.2 Å². The summed E-state index contributed by atoms with van der Waals surface area (Å²) in [5.41, 5.74) is 0.842. The minimum atomic E-state index is -4.53. The van der Waals surface area contributed by atoms with Gasteiger partial charge in [0.2, 0.25) is 11.8 Å². The van der Waals surface area contributed by atoms with Gasteiger partial charge in [0, 0.05) is 0 Å². The van der Waals surface area contributed by atoms with Crippen LogP contribution in [0.15, 0.2) is 28.0 Å². The van der Waals surface area contributed by atoms with E-state index in [4.69, 9.17) is 0 Å². The lowest BCUT2D eigenvalue weighted by Crippen LogP contribution is -2.45. The molecule has 11 heteroatoms. The zero-order valence-corrected chi connectivity index (χ0v) is 14.3. The van der Waals surface area contributed by atoms with Crippen LogP contribution in [0.5, 0.6) is 0 Å². The lowest BCUT2D eigenvalue weighted by atomic mass is 10.1. The maximum Gasteiger partial charge on any atom is 0.416 e. The molecule has 1 aromatic heterocycles. The van der Waals surface area contributed by atoms with Crippen molar-refractivity contribution in [3.63, 3.8) is 0 Å². The summed E-state index contributed by atoms with van der Waals surface area (Å²) in [5, 5.41) is 9.32. The summed E-state index contributed by atoms with van der Waals surface area (Å²) in [7, 11) is 0. The van der Waals surface area contributed by atoms with Gasteiger partial charge >= 0.3 is 6.18 Å². The summed E-state index contributed by atoms with van der Waals surface area (Å²) >= 11 is 2.45. The molecule has 1 unspecified atom stereocenters. The SMILES string of the molecule is CC(Sc1nncs1)C(=O)N1CC(=O)Nc2cc(C(F)(F)F)ccc21. The standard InChI is InChI=1S/C14H11F3N4O2S2/c1-7(25-13-20-18-6-24-13)12(23)21-5-11(22)19-9-4-8(14(15,16)17)2-3-10(9)21/h2-4,6-7H,5H2,1H3,(H,19,22). The molecule has 0 saturated carbocycles. The Balaban J connectivity index is 1.88. The largest absolute Gasteiger partial charge is 0.416 e. The molecular formula is C14H11F3N4O2S2. The van der Waals surface area contributed by atoms with E-state index in [1.807, 2.05) is 0 Å². The van der Waals surface area contributed by atoms with E-state index in [2.05, 4.69) is 15.5 Å². The summed E-state index contributed by atoms with van der Waals surface area (Å²) in [6.45, 7) is 1.39. The average Bonchev–Trinajstić information content (AvgIpc) is 3.04. The Morgan fingerprint density at radius 2 is 2.20 bits per heavy atom. The number of anilines is 2. The first-order valence-electron chi connectivity index (χ1n) is 7.01. The summed E-state index contributed by atoms with van der Waals surface area (Å²) < 4.78 is 39.1. The summed E-state index contributed by atoms with van der Waals surface area (Å²) in [5.74, 6) is -0.940. The van der Waals surface area contributed by atoms with Gasteiger partial charge in [-0.15, -0.1) is 10.2 Å². The number of hydrogen-bond donors (Lipinski definition) is 1. The molecule has 1 aromatic carbocycles. The highest BCUT2D eigenvalue weighted by Crippen LogP contribution is 2.38. The third-order valence-electron chi connectivity index (χ3n) is 3.42. The number of amides is 2. The molecule has 25 heavy (non-hydrogen) atoms. The topological polar surface area (TPSA) is 75.2 Å². The molecule has 0 aliphatic carbocycles. The van der Waals surface area contributed by atoms with E-state index in [1.165, 1.54) is 39.6 Å². The number of fused-ring (bicyclic) bond motifs is 1. The van der Waals surface area contributed by atoms with Crippen LogP contribution in [0.1, 0.15) is 12.5 Å². The van der Waals surface area contributed by atoms with Gasteiger partial charge in [-0.1, -0.05) is 23.1 Å². The Morgan fingerprint density at radius 3 is 2.84 bits per heavy atom. The number of halogens is 3. The molecule has 6 nitrogen and oxygen atoms in total. The Kier molecular flexibility index (Phi) is 4.69. The fourth-order valence-corrected chi connectivity index (χ4v) is 3.99. The van der Waals surface area contributed by atoms with Gasteiger partial charge < -0.3 is 5.32 Å². The van der Waals surface area contributed by atoms with E-state index < -0.39 is 28.8 Å². The fraction of sp³-hybridized carbons (Fsp3) is 0.286. The van der Waals surface area contributed by atoms with E-state index in [9.17, 15) is 22.8 Å².